The Morgan fingerprint density at radius 1 is 1.21 bits per heavy atom. The van der Waals surface area contributed by atoms with E-state index in [9.17, 15) is 14.3 Å². The second-order valence-electron chi connectivity index (χ2n) is 6.86. The Balaban J connectivity index is 1.90. The molecule has 0 saturated carbocycles. The minimum absolute atomic E-state index is 0.164. The van der Waals surface area contributed by atoms with E-state index in [0.717, 1.165) is 24.9 Å². The van der Waals surface area contributed by atoms with Crippen LogP contribution in [-0.4, -0.2) is 47.3 Å². The molecule has 2 aromatic carbocycles. The van der Waals surface area contributed by atoms with Gasteiger partial charge in [0.1, 0.15) is 11.5 Å². The van der Waals surface area contributed by atoms with Gasteiger partial charge in [-0.15, -0.1) is 0 Å². The van der Waals surface area contributed by atoms with Gasteiger partial charge in [-0.3, -0.25) is 0 Å². The van der Waals surface area contributed by atoms with Crippen molar-refractivity contribution in [1.29, 1.82) is 0 Å². The summed E-state index contributed by atoms with van der Waals surface area (Å²) in [5, 5.41) is 9.29. The molecule has 0 unspecified atom stereocenters. The molecule has 0 spiro atoms. The van der Waals surface area contributed by atoms with Gasteiger partial charge in [0, 0.05) is 19.2 Å². The number of aromatic carboxylic acids is 1. The molecule has 1 N–H and O–H groups in total. The molecule has 0 bridgehead atoms. The highest BCUT2D eigenvalue weighted by atomic mass is 19.1. The van der Waals surface area contributed by atoms with Gasteiger partial charge in [0.15, 0.2) is 5.82 Å². The van der Waals surface area contributed by atoms with Crippen LogP contribution in [0.3, 0.4) is 0 Å². The van der Waals surface area contributed by atoms with Gasteiger partial charge in [0.05, 0.1) is 29.2 Å². The van der Waals surface area contributed by atoms with E-state index in [2.05, 4.69) is 4.90 Å². The smallest absolute Gasteiger partial charge is 0.335 e. The van der Waals surface area contributed by atoms with Crippen molar-refractivity contribution in [3.8, 4) is 11.3 Å². The number of carbonyl (C=O) groups is 1. The Kier molecular flexibility index (Phi) is 4.92. The van der Waals surface area contributed by atoms with Crippen molar-refractivity contribution in [1.82, 2.24) is 9.97 Å². The van der Waals surface area contributed by atoms with Crippen LogP contribution < -0.4 is 4.90 Å². The van der Waals surface area contributed by atoms with Gasteiger partial charge in [0.25, 0.3) is 0 Å². The van der Waals surface area contributed by atoms with Crippen molar-refractivity contribution in [2.45, 2.75) is 18.9 Å². The molecule has 4 rings (SSSR count). The molecule has 6 nitrogen and oxygen atoms in total. The third-order valence-electron chi connectivity index (χ3n) is 5.02. The molecule has 2 heterocycles. The highest BCUT2D eigenvalue weighted by Crippen LogP contribution is 2.34. The quantitative estimate of drug-likeness (QED) is 0.725. The number of carboxylic acids is 1. The number of aromatic nitrogens is 2. The first kappa shape index (κ1) is 18.3. The minimum Gasteiger partial charge on any atom is -0.478 e. The lowest BCUT2D eigenvalue weighted by Gasteiger charge is -2.27. The van der Waals surface area contributed by atoms with Crippen LogP contribution in [0.5, 0.6) is 0 Å². The summed E-state index contributed by atoms with van der Waals surface area (Å²) in [7, 11) is 1.67. The predicted molar refractivity (Wildman–Crippen MR) is 104 cm³/mol. The van der Waals surface area contributed by atoms with Crippen LogP contribution in [-0.2, 0) is 4.74 Å². The van der Waals surface area contributed by atoms with Gasteiger partial charge < -0.3 is 14.7 Å². The zero-order chi connectivity index (χ0) is 19.7. The van der Waals surface area contributed by atoms with Gasteiger partial charge in [-0.2, -0.15) is 0 Å². The molecule has 3 aromatic rings. The van der Waals surface area contributed by atoms with Crippen LogP contribution in [0.1, 0.15) is 23.2 Å². The molecular weight excluding hydrogens is 361 g/mol. The first-order valence-electron chi connectivity index (χ1n) is 9.13. The molecule has 0 radical (unpaired) electrons. The lowest BCUT2D eigenvalue weighted by Crippen LogP contribution is -2.34. The van der Waals surface area contributed by atoms with Crippen LogP contribution in [0.2, 0.25) is 0 Å². The molecule has 28 heavy (non-hydrogen) atoms. The zero-order valence-corrected chi connectivity index (χ0v) is 15.4. The lowest BCUT2D eigenvalue weighted by molar-refractivity contribution is 0.0697. The molecule has 1 aromatic heterocycles. The molecule has 7 heteroatoms. The maximum absolute atomic E-state index is 13.4. The van der Waals surface area contributed by atoms with Gasteiger partial charge in [-0.1, -0.05) is 0 Å². The van der Waals surface area contributed by atoms with Crippen molar-refractivity contribution in [3.05, 3.63) is 53.8 Å². The van der Waals surface area contributed by atoms with E-state index < -0.39 is 5.97 Å². The average Bonchev–Trinajstić information content (AvgIpc) is 3.15. The Hall–Kier alpha value is -3.06. The number of benzene rings is 2. The third kappa shape index (κ3) is 3.41. The van der Waals surface area contributed by atoms with E-state index in [1.807, 2.05) is 0 Å². The molecule has 1 fully saturated rings. The number of fused-ring (bicyclic) bond motifs is 1. The molecule has 1 saturated heterocycles. The third-order valence-corrected chi connectivity index (χ3v) is 5.02. The molecule has 0 aliphatic carbocycles. The summed E-state index contributed by atoms with van der Waals surface area (Å²) in [6, 6.07) is 11.0. The van der Waals surface area contributed by atoms with Crippen molar-refractivity contribution in [2.75, 3.05) is 25.2 Å². The highest BCUT2D eigenvalue weighted by molar-refractivity contribution is 5.93. The number of hydrogen-bond acceptors (Lipinski definition) is 5. The Morgan fingerprint density at radius 2 is 2.00 bits per heavy atom. The second-order valence-corrected chi connectivity index (χ2v) is 6.86. The Labute approximate surface area is 161 Å². The van der Waals surface area contributed by atoms with Crippen LogP contribution in [0, 0.1) is 5.82 Å². The highest BCUT2D eigenvalue weighted by Gasteiger charge is 2.29. The van der Waals surface area contributed by atoms with Crippen molar-refractivity contribution >= 4 is 22.8 Å². The van der Waals surface area contributed by atoms with Crippen molar-refractivity contribution < 1.29 is 19.0 Å². The monoisotopic (exact) mass is 381 g/mol. The van der Waals surface area contributed by atoms with E-state index >= 15 is 0 Å². The van der Waals surface area contributed by atoms with Gasteiger partial charge in [-0.25, -0.2) is 19.2 Å². The largest absolute Gasteiger partial charge is 0.478 e. The van der Waals surface area contributed by atoms with Crippen LogP contribution in [0.25, 0.3) is 22.3 Å². The number of rotatable bonds is 5. The van der Waals surface area contributed by atoms with Crippen LogP contribution in [0.4, 0.5) is 10.2 Å². The van der Waals surface area contributed by atoms with Crippen LogP contribution >= 0.6 is 0 Å². The Morgan fingerprint density at radius 3 is 2.71 bits per heavy atom. The van der Waals surface area contributed by atoms with E-state index in [1.54, 1.807) is 25.3 Å². The fourth-order valence-corrected chi connectivity index (χ4v) is 3.66. The molecular formula is C21H20FN3O3. The van der Waals surface area contributed by atoms with Crippen molar-refractivity contribution in [3.63, 3.8) is 0 Å². The van der Waals surface area contributed by atoms with E-state index in [-0.39, 0.29) is 17.4 Å². The normalized spacial score (nSPS) is 16.6. The topological polar surface area (TPSA) is 75.5 Å². The predicted octanol–water partition coefficient (Wildman–Crippen LogP) is 3.75. The van der Waals surface area contributed by atoms with E-state index in [4.69, 9.17) is 14.7 Å². The average molecular weight is 381 g/mol. The van der Waals surface area contributed by atoms with Gasteiger partial charge in [-0.05, 0) is 55.3 Å². The summed E-state index contributed by atoms with van der Waals surface area (Å²) in [6.07, 6.45) is 1.98. The van der Waals surface area contributed by atoms with Crippen LogP contribution in [0.15, 0.2) is 42.5 Å². The second kappa shape index (κ2) is 7.52. The van der Waals surface area contributed by atoms with E-state index in [1.165, 1.54) is 24.3 Å². The molecule has 1 aliphatic heterocycles. The molecule has 144 valence electrons. The molecule has 0 amide bonds. The summed E-state index contributed by atoms with van der Waals surface area (Å²) in [5.74, 6) is -0.656. The number of hydrogen-bond donors (Lipinski definition) is 1. The summed E-state index contributed by atoms with van der Waals surface area (Å²) >= 11 is 0. The number of ether oxygens (including phenoxy) is 1. The first-order chi connectivity index (χ1) is 13.6. The first-order valence-corrected chi connectivity index (χ1v) is 9.13. The fourth-order valence-electron chi connectivity index (χ4n) is 3.66. The maximum atomic E-state index is 13.4. The summed E-state index contributed by atoms with van der Waals surface area (Å²) in [5.41, 5.74) is 2.69. The lowest BCUT2D eigenvalue weighted by atomic mass is 10.1. The zero-order valence-electron chi connectivity index (χ0n) is 15.4. The number of carboxylic acid groups (broad SMARTS) is 1. The number of halogens is 1. The van der Waals surface area contributed by atoms with E-state index in [0.29, 0.717) is 29.2 Å². The standard InChI is InChI=1S/C21H20FN3O3/c1-28-12-16-3-2-10-25(16)20-19(13-4-7-15(22)8-5-13)23-17-9-6-14(21(26)27)11-18(17)24-20/h4-9,11,16H,2-3,10,12H2,1H3,(H,26,27)/t16-/m1/s1. The maximum Gasteiger partial charge on any atom is 0.335 e. The fraction of sp³-hybridized carbons (Fsp3) is 0.286. The Bertz CT molecular complexity index is 1020. The number of nitrogens with zero attached hydrogens (tertiary/aromatic N) is 3. The number of methoxy groups -OCH3 is 1. The van der Waals surface area contributed by atoms with Crippen molar-refractivity contribution in [2.24, 2.45) is 0 Å². The SMILES string of the molecule is COC[C@H]1CCCN1c1nc2cc(C(=O)O)ccc2nc1-c1ccc(F)cc1. The summed E-state index contributed by atoms with van der Waals surface area (Å²) in [6.45, 7) is 1.37. The molecule has 1 aliphatic rings. The molecule has 1 atom stereocenters. The summed E-state index contributed by atoms with van der Waals surface area (Å²) in [4.78, 5) is 23.0. The van der Waals surface area contributed by atoms with Gasteiger partial charge >= 0.3 is 5.97 Å². The number of anilines is 1. The summed E-state index contributed by atoms with van der Waals surface area (Å²) < 4.78 is 18.8. The minimum atomic E-state index is -1.01. The van der Waals surface area contributed by atoms with Gasteiger partial charge in [0.2, 0.25) is 0 Å².